The lowest BCUT2D eigenvalue weighted by Crippen LogP contribution is -1.82. The fraction of sp³-hybridized carbons (Fsp3) is 0.375. The Morgan fingerprint density at radius 3 is 2.36 bits per heavy atom. The zero-order chi connectivity index (χ0) is 8.69. The summed E-state index contributed by atoms with van der Waals surface area (Å²) in [4.78, 5) is 3.44. The van der Waals surface area contributed by atoms with Crippen molar-refractivity contribution >= 4 is 0 Å². The van der Waals surface area contributed by atoms with Gasteiger partial charge in [-0.3, -0.25) is 4.98 Å². The average molecular weight is 159 g/mol. The summed E-state index contributed by atoms with van der Waals surface area (Å²) in [5, 5.41) is 0. The second-order valence-electron chi connectivity index (χ2n) is 1.65. The predicted octanol–water partition coefficient (Wildman–Crippen LogP) is 2.72. The van der Waals surface area contributed by atoms with E-state index in [4.69, 9.17) is 0 Å². The molecule has 0 aliphatic carbocycles. The molecule has 62 valence electrons. The maximum Gasteiger partial charge on any atom is 0.141 e. The Kier molecular flexibility index (Phi) is 5.25. The number of hydrogen-bond acceptors (Lipinski definition) is 1. The molecule has 0 aliphatic heterocycles. The summed E-state index contributed by atoms with van der Waals surface area (Å²) in [7, 11) is 0. The van der Waals surface area contributed by atoms with E-state index in [1.165, 1.54) is 6.20 Å². The number of alkyl halides is 1. The van der Waals surface area contributed by atoms with Crippen LogP contribution in [0.2, 0.25) is 0 Å². The lowest BCUT2D eigenvalue weighted by Gasteiger charge is -1.90. The van der Waals surface area contributed by atoms with Crippen LogP contribution >= 0.6 is 0 Å². The molecule has 1 heterocycles. The molecule has 0 unspecified atom stereocenters. The van der Waals surface area contributed by atoms with E-state index >= 15 is 0 Å². The van der Waals surface area contributed by atoms with Gasteiger partial charge in [0.05, 0.1) is 6.20 Å². The fourth-order valence-corrected chi connectivity index (χ4v) is 0.529. The molecule has 3 heteroatoms. The van der Waals surface area contributed by atoms with Crippen molar-refractivity contribution in [3.8, 4) is 0 Å². The summed E-state index contributed by atoms with van der Waals surface area (Å²) in [5.41, 5.74) is 0.273. The van der Waals surface area contributed by atoms with E-state index in [-0.39, 0.29) is 5.56 Å². The van der Waals surface area contributed by atoms with Gasteiger partial charge in [0.1, 0.15) is 12.5 Å². The van der Waals surface area contributed by atoms with Crippen molar-refractivity contribution in [1.82, 2.24) is 4.98 Å². The molecule has 0 radical (unpaired) electrons. The number of pyridine rings is 1. The van der Waals surface area contributed by atoms with Crippen LogP contribution in [0.5, 0.6) is 0 Å². The van der Waals surface area contributed by atoms with Crippen LogP contribution in [-0.4, -0.2) is 4.98 Å². The SMILES string of the molecule is CC.FCc1cncc(F)c1. The molecule has 0 saturated carbocycles. The third-order valence-corrected chi connectivity index (χ3v) is 0.916. The average Bonchev–Trinajstić information content (AvgIpc) is 2.08. The maximum atomic E-state index is 12.1. The lowest BCUT2D eigenvalue weighted by molar-refractivity contribution is 0.480. The van der Waals surface area contributed by atoms with Crippen LogP contribution in [0.3, 0.4) is 0 Å². The molecule has 1 aromatic rings. The van der Waals surface area contributed by atoms with Gasteiger partial charge in [0.2, 0.25) is 0 Å². The van der Waals surface area contributed by atoms with Gasteiger partial charge >= 0.3 is 0 Å². The summed E-state index contributed by atoms with van der Waals surface area (Å²) in [6.07, 6.45) is 2.34. The molecular formula is C8H11F2N. The predicted molar refractivity (Wildman–Crippen MR) is 40.4 cm³/mol. The molecule has 11 heavy (non-hydrogen) atoms. The Hall–Kier alpha value is -0.990. The van der Waals surface area contributed by atoms with Gasteiger partial charge in [-0.25, -0.2) is 8.78 Å². The summed E-state index contributed by atoms with van der Waals surface area (Å²) < 4.78 is 23.8. The first-order valence-electron chi connectivity index (χ1n) is 3.48. The van der Waals surface area contributed by atoms with E-state index in [1.807, 2.05) is 13.8 Å². The molecule has 0 atom stereocenters. The first-order valence-corrected chi connectivity index (χ1v) is 3.48. The van der Waals surface area contributed by atoms with Crippen LogP contribution in [-0.2, 0) is 6.67 Å². The van der Waals surface area contributed by atoms with Crippen molar-refractivity contribution < 1.29 is 8.78 Å². The fourth-order valence-electron chi connectivity index (χ4n) is 0.529. The highest BCUT2D eigenvalue weighted by Crippen LogP contribution is 2.00. The van der Waals surface area contributed by atoms with Gasteiger partial charge in [0.25, 0.3) is 0 Å². The molecule has 1 aromatic heterocycles. The molecular weight excluding hydrogens is 148 g/mol. The van der Waals surface area contributed by atoms with Crippen molar-refractivity contribution in [2.75, 3.05) is 0 Å². The first kappa shape index (κ1) is 10.0. The summed E-state index contributed by atoms with van der Waals surface area (Å²) in [6.45, 7) is 3.34. The maximum absolute atomic E-state index is 12.1. The molecule has 0 N–H and O–H groups in total. The molecule has 0 saturated heterocycles. The second-order valence-corrected chi connectivity index (χ2v) is 1.65. The number of hydrogen-bond donors (Lipinski definition) is 0. The standard InChI is InChI=1S/C6H5F2N.C2H6/c7-2-5-1-6(8)4-9-3-5;1-2/h1,3-4H,2H2;1-2H3. The van der Waals surface area contributed by atoms with Crippen LogP contribution in [0.4, 0.5) is 8.78 Å². The summed E-state index contributed by atoms with van der Waals surface area (Å²) in [5.74, 6) is -0.495. The van der Waals surface area contributed by atoms with Gasteiger partial charge in [-0.1, -0.05) is 13.8 Å². The Bertz CT molecular complexity index is 201. The summed E-state index contributed by atoms with van der Waals surface area (Å²) >= 11 is 0. The van der Waals surface area contributed by atoms with Crippen molar-refractivity contribution in [2.45, 2.75) is 20.5 Å². The lowest BCUT2D eigenvalue weighted by atomic mass is 10.3. The molecule has 0 fully saturated rings. The van der Waals surface area contributed by atoms with Gasteiger partial charge in [-0.2, -0.15) is 0 Å². The Labute approximate surface area is 65.1 Å². The normalized spacial score (nSPS) is 8.36. The van der Waals surface area contributed by atoms with Crippen LogP contribution in [0, 0.1) is 5.82 Å². The molecule has 0 amide bonds. The van der Waals surface area contributed by atoms with Gasteiger partial charge in [-0.15, -0.1) is 0 Å². The molecule has 0 aliphatic rings. The minimum absolute atomic E-state index is 0.273. The van der Waals surface area contributed by atoms with Gasteiger partial charge in [0, 0.05) is 11.8 Å². The van der Waals surface area contributed by atoms with E-state index in [0.717, 1.165) is 12.3 Å². The van der Waals surface area contributed by atoms with Crippen LogP contribution in [0.1, 0.15) is 19.4 Å². The largest absolute Gasteiger partial charge is 0.261 e. The van der Waals surface area contributed by atoms with E-state index in [2.05, 4.69) is 4.98 Å². The highest BCUT2D eigenvalue weighted by molar-refractivity contribution is 5.08. The second kappa shape index (κ2) is 5.77. The van der Waals surface area contributed by atoms with Gasteiger partial charge < -0.3 is 0 Å². The third kappa shape index (κ3) is 3.65. The minimum atomic E-state index is -0.662. The van der Waals surface area contributed by atoms with Crippen molar-refractivity contribution in [1.29, 1.82) is 0 Å². The third-order valence-electron chi connectivity index (χ3n) is 0.916. The number of rotatable bonds is 1. The van der Waals surface area contributed by atoms with Gasteiger partial charge in [0.15, 0.2) is 0 Å². The van der Waals surface area contributed by atoms with E-state index in [1.54, 1.807) is 0 Å². The smallest absolute Gasteiger partial charge is 0.141 e. The first-order chi connectivity index (χ1) is 5.33. The Balaban J connectivity index is 0.000000461. The van der Waals surface area contributed by atoms with E-state index < -0.39 is 12.5 Å². The molecule has 0 spiro atoms. The monoisotopic (exact) mass is 159 g/mol. The Morgan fingerprint density at radius 1 is 1.36 bits per heavy atom. The van der Waals surface area contributed by atoms with Gasteiger partial charge in [-0.05, 0) is 6.07 Å². The number of nitrogens with zero attached hydrogens (tertiary/aromatic N) is 1. The minimum Gasteiger partial charge on any atom is -0.261 e. The van der Waals surface area contributed by atoms with Crippen molar-refractivity contribution in [3.63, 3.8) is 0 Å². The van der Waals surface area contributed by atoms with Crippen LogP contribution in [0.15, 0.2) is 18.5 Å². The highest BCUT2D eigenvalue weighted by Gasteiger charge is 1.92. The Morgan fingerprint density at radius 2 is 2.00 bits per heavy atom. The molecule has 0 bridgehead atoms. The van der Waals surface area contributed by atoms with E-state index in [9.17, 15) is 8.78 Å². The van der Waals surface area contributed by atoms with Crippen molar-refractivity contribution in [3.05, 3.63) is 29.8 Å². The van der Waals surface area contributed by atoms with Crippen molar-refractivity contribution in [2.24, 2.45) is 0 Å². The number of halogens is 2. The highest BCUT2D eigenvalue weighted by atomic mass is 19.1. The van der Waals surface area contributed by atoms with Crippen LogP contribution < -0.4 is 0 Å². The number of aromatic nitrogens is 1. The molecule has 0 aromatic carbocycles. The summed E-state index contributed by atoms with van der Waals surface area (Å²) in [6, 6.07) is 1.12. The zero-order valence-corrected chi connectivity index (χ0v) is 6.64. The zero-order valence-electron chi connectivity index (χ0n) is 6.64. The van der Waals surface area contributed by atoms with E-state index in [0.29, 0.717) is 0 Å². The van der Waals surface area contributed by atoms with Crippen LogP contribution in [0.25, 0.3) is 0 Å². The quantitative estimate of drug-likeness (QED) is 0.614. The molecule has 1 nitrogen and oxygen atoms in total. The topological polar surface area (TPSA) is 12.9 Å². The molecule has 1 rings (SSSR count).